The van der Waals surface area contributed by atoms with E-state index in [1.54, 1.807) is 7.11 Å². The number of benzene rings is 2. The van der Waals surface area contributed by atoms with Crippen LogP contribution in [0.1, 0.15) is 52.9 Å². The molecule has 31 heavy (non-hydrogen) atoms. The number of nitrogens with zero attached hydrogens (tertiary/aromatic N) is 1. The molecule has 1 saturated heterocycles. The normalized spacial score (nSPS) is 15.4. The zero-order chi connectivity index (χ0) is 21.6. The fraction of sp³-hybridized carbons (Fsp3) is 0.423. The van der Waals surface area contributed by atoms with E-state index in [9.17, 15) is 4.79 Å². The first kappa shape index (κ1) is 21.6. The highest BCUT2D eigenvalue weighted by Gasteiger charge is 2.22. The number of fused-ring (bicyclic) bond motifs is 1. The summed E-state index contributed by atoms with van der Waals surface area (Å²) in [6.07, 6.45) is 6.15. The minimum Gasteiger partial charge on any atom is -0.378 e. The second-order valence-corrected chi connectivity index (χ2v) is 8.23. The third-order valence-electron chi connectivity index (χ3n) is 6.31. The van der Waals surface area contributed by atoms with E-state index >= 15 is 0 Å². The first-order valence-electron chi connectivity index (χ1n) is 11.3. The number of aromatic amines is 1. The number of carbonyl (C=O) groups excluding carboxylic acids is 1. The van der Waals surface area contributed by atoms with Crippen molar-refractivity contribution in [2.75, 3.05) is 33.4 Å². The Bertz CT molecular complexity index is 1020. The largest absolute Gasteiger partial charge is 0.378 e. The van der Waals surface area contributed by atoms with E-state index in [0.29, 0.717) is 26.3 Å². The fourth-order valence-corrected chi connectivity index (χ4v) is 4.49. The molecule has 5 nitrogen and oxygen atoms in total. The number of H-pyrrole nitrogens is 1. The summed E-state index contributed by atoms with van der Waals surface area (Å²) in [6.45, 7) is 4.65. The number of hydrogen-bond donors (Lipinski definition) is 1. The summed E-state index contributed by atoms with van der Waals surface area (Å²) in [5.41, 5.74) is 5.70. The highest BCUT2D eigenvalue weighted by Crippen LogP contribution is 2.27. The topological polar surface area (TPSA) is 54.6 Å². The Hall–Kier alpha value is -2.63. The average molecular weight is 421 g/mol. The third kappa shape index (κ3) is 4.83. The van der Waals surface area contributed by atoms with Gasteiger partial charge in [-0.15, -0.1) is 0 Å². The Morgan fingerprint density at radius 3 is 2.55 bits per heavy atom. The third-order valence-corrected chi connectivity index (χ3v) is 6.31. The van der Waals surface area contributed by atoms with Crippen LogP contribution in [-0.2, 0) is 22.3 Å². The predicted molar refractivity (Wildman–Crippen MR) is 124 cm³/mol. The number of aromatic nitrogens is 1. The molecule has 0 saturated carbocycles. The molecule has 1 unspecified atom stereocenters. The number of morpholine rings is 1. The van der Waals surface area contributed by atoms with Gasteiger partial charge in [-0.1, -0.05) is 36.4 Å². The van der Waals surface area contributed by atoms with Gasteiger partial charge in [-0.05, 0) is 55.4 Å². The molecule has 0 aliphatic carbocycles. The first-order valence-corrected chi connectivity index (χ1v) is 11.3. The number of aryl methyl sites for hydroxylation is 2. The van der Waals surface area contributed by atoms with Crippen molar-refractivity contribution in [2.45, 2.75) is 38.7 Å². The van der Waals surface area contributed by atoms with Crippen molar-refractivity contribution >= 4 is 16.8 Å². The van der Waals surface area contributed by atoms with Gasteiger partial charge in [-0.25, -0.2) is 0 Å². The summed E-state index contributed by atoms with van der Waals surface area (Å²) >= 11 is 0. The summed E-state index contributed by atoms with van der Waals surface area (Å²) in [5, 5.41) is 1.08. The Morgan fingerprint density at radius 2 is 1.77 bits per heavy atom. The van der Waals surface area contributed by atoms with Gasteiger partial charge in [0.25, 0.3) is 5.91 Å². The molecule has 1 amide bonds. The van der Waals surface area contributed by atoms with Crippen LogP contribution in [0.25, 0.3) is 10.9 Å². The van der Waals surface area contributed by atoms with Crippen LogP contribution in [0.2, 0.25) is 0 Å². The molecule has 1 aliphatic heterocycles. The van der Waals surface area contributed by atoms with Crippen LogP contribution in [0.5, 0.6) is 0 Å². The molecule has 2 heterocycles. The van der Waals surface area contributed by atoms with Crippen LogP contribution in [0.3, 0.4) is 0 Å². The van der Waals surface area contributed by atoms with Crippen molar-refractivity contribution in [1.82, 2.24) is 9.88 Å². The van der Waals surface area contributed by atoms with Crippen molar-refractivity contribution in [3.05, 3.63) is 70.9 Å². The molecule has 1 aliphatic rings. The second kappa shape index (κ2) is 10.1. The molecule has 5 heteroatoms. The molecule has 0 bridgehead atoms. The van der Waals surface area contributed by atoms with E-state index in [2.05, 4.69) is 54.4 Å². The average Bonchev–Trinajstić information content (AvgIpc) is 3.26. The van der Waals surface area contributed by atoms with Gasteiger partial charge < -0.3 is 19.4 Å². The quantitative estimate of drug-likeness (QED) is 0.527. The lowest BCUT2D eigenvalue weighted by Crippen LogP contribution is -2.40. The van der Waals surface area contributed by atoms with Crippen molar-refractivity contribution in [3.63, 3.8) is 0 Å². The number of rotatable bonds is 8. The zero-order valence-corrected chi connectivity index (χ0v) is 18.5. The maximum atomic E-state index is 13.1. The lowest BCUT2D eigenvalue weighted by Gasteiger charge is -2.26. The van der Waals surface area contributed by atoms with Crippen molar-refractivity contribution in [1.29, 1.82) is 0 Å². The van der Waals surface area contributed by atoms with Gasteiger partial charge in [0, 0.05) is 37.3 Å². The van der Waals surface area contributed by atoms with Gasteiger partial charge >= 0.3 is 0 Å². The first-order chi connectivity index (χ1) is 15.2. The fourth-order valence-electron chi connectivity index (χ4n) is 4.49. The molecule has 0 spiro atoms. The number of methoxy groups -OCH3 is 1. The molecule has 1 N–H and O–H groups in total. The predicted octanol–water partition coefficient (Wildman–Crippen LogP) is 4.91. The van der Waals surface area contributed by atoms with E-state index < -0.39 is 0 Å². The smallest absolute Gasteiger partial charge is 0.256 e. The highest BCUT2D eigenvalue weighted by molar-refractivity contribution is 6.08. The van der Waals surface area contributed by atoms with Crippen LogP contribution in [0.4, 0.5) is 0 Å². The Morgan fingerprint density at radius 1 is 1.06 bits per heavy atom. The molecule has 164 valence electrons. The molecule has 2 aromatic carbocycles. The van der Waals surface area contributed by atoms with E-state index in [1.165, 1.54) is 16.7 Å². The summed E-state index contributed by atoms with van der Waals surface area (Å²) in [4.78, 5) is 18.3. The zero-order valence-electron chi connectivity index (χ0n) is 18.5. The van der Waals surface area contributed by atoms with E-state index in [0.717, 1.165) is 42.1 Å². The number of amides is 1. The maximum Gasteiger partial charge on any atom is 0.256 e. The molecule has 4 rings (SSSR count). The number of ether oxygens (including phenoxy) is 2. The number of nitrogens with one attached hydrogen (secondary N) is 1. The van der Waals surface area contributed by atoms with Crippen LogP contribution < -0.4 is 0 Å². The Kier molecular flexibility index (Phi) is 7.05. The van der Waals surface area contributed by atoms with E-state index in [-0.39, 0.29) is 12.0 Å². The number of unbranched alkanes of at least 4 members (excludes halogenated alkanes) is 1. The monoisotopic (exact) mass is 420 g/mol. The molecule has 1 atom stereocenters. The Balaban J connectivity index is 1.45. The van der Waals surface area contributed by atoms with Crippen molar-refractivity contribution in [3.8, 4) is 0 Å². The van der Waals surface area contributed by atoms with Gasteiger partial charge in [0.1, 0.15) is 0 Å². The van der Waals surface area contributed by atoms with Crippen molar-refractivity contribution in [2.24, 2.45) is 0 Å². The standard InChI is InChI=1S/C26H32N2O3/c1-19(30-2)22-12-6-5-9-20(22)8-3-4-10-21-11-7-13-24-25(21)23(18-27-24)26(29)28-14-16-31-17-15-28/h5-7,9,11-13,18-19,27H,3-4,8,10,14-17H2,1-2H3. The number of carbonyl (C=O) groups is 1. The molecule has 3 aromatic rings. The SMILES string of the molecule is COC(C)c1ccccc1CCCCc1cccc2[nH]cc(C(=O)N3CCOCC3)c12. The maximum absolute atomic E-state index is 13.1. The summed E-state index contributed by atoms with van der Waals surface area (Å²) in [7, 11) is 1.76. The van der Waals surface area contributed by atoms with Gasteiger partial charge in [-0.3, -0.25) is 4.79 Å². The summed E-state index contributed by atoms with van der Waals surface area (Å²) < 4.78 is 10.9. The van der Waals surface area contributed by atoms with Gasteiger partial charge in [-0.2, -0.15) is 0 Å². The van der Waals surface area contributed by atoms with Crippen LogP contribution in [0, 0.1) is 0 Å². The van der Waals surface area contributed by atoms with E-state index in [4.69, 9.17) is 9.47 Å². The van der Waals surface area contributed by atoms with Crippen LogP contribution in [-0.4, -0.2) is 49.2 Å². The van der Waals surface area contributed by atoms with Crippen molar-refractivity contribution < 1.29 is 14.3 Å². The molecule has 1 fully saturated rings. The molecule has 1 aromatic heterocycles. The summed E-state index contributed by atoms with van der Waals surface area (Å²) in [6, 6.07) is 14.8. The van der Waals surface area contributed by atoms with Gasteiger partial charge in [0.15, 0.2) is 0 Å². The lowest BCUT2D eigenvalue weighted by atomic mass is 9.96. The second-order valence-electron chi connectivity index (χ2n) is 8.23. The van der Waals surface area contributed by atoms with Crippen LogP contribution in [0.15, 0.2) is 48.7 Å². The minimum atomic E-state index is 0.101. The highest BCUT2D eigenvalue weighted by atomic mass is 16.5. The summed E-state index contributed by atoms with van der Waals surface area (Å²) in [5.74, 6) is 0.101. The molecular formula is C26H32N2O3. The lowest BCUT2D eigenvalue weighted by molar-refractivity contribution is 0.0304. The Labute approximate surface area is 184 Å². The van der Waals surface area contributed by atoms with E-state index in [1.807, 2.05) is 11.1 Å². The van der Waals surface area contributed by atoms with Crippen LogP contribution >= 0.6 is 0 Å². The number of hydrogen-bond acceptors (Lipinski definition) is 3. The molecular weight excluding hydrogens is 388 g/mol. The minimum absolute atomic E-state index is 0.101. The van der Waals surface area contributed by atoms with Gasteiger partial charge in [0.2, 0.25) is 0 Å². The molecule has 0 radical (unpaired) electrons. The van der Waals surface area contributed by atoms with Gasteiger partial charge in [0.05, 0.1) is 24.9 Å².